The number of nitro benzene ring substituents is 1. The molecule has 29 heavy (non-hydrogen) atoms. The summed E-state index contributed by atoms with van der Waals surface area (Å²) in [5.41, 5.74) is 1.08. The Labute approximate surface area is 175 Å². The Morgan fingerprint density at radius 3 is 2.48 bits per heavy atom. The van der Waals surface area contributed by atoms with Gasteiger partial charge in [-0.05, 0) is 57.8 Å². The number of non-ortho nitro benzene ring substituents is 1. The number of hydrogen-bond acceptors (Lipinski definition) is 4. The lowest BCUT2D eigenvalue weighted by atomic mass is 10.1. The fourth-order valence-electron chi connectivity index (χ4n) is 3.76. The van der Waals surface area contributed by atoms with Crippen LogP contribution in [0.25, 0.3) is 0 Å². The maximum Gasteiger partial charge on any atom is 0.269 e. The van der Waals surface area contributed by atoms with E-state index in [9.17, 15) is 10.1 Å². The van der Waals surface area contributed by atoms with Gasteiger partial charge in [0.25, 0.3) is 5.69 Å². The number of benzene rings is 1. The van der Waals surface area contributed by atoms with Gasteiger partial charge in [0.1, 0.15) is 0 Å². The molecule has 2 N–H and O–H groups in total. The van der Waals surface area contributed by atoms with Gasteiger partial charge in [0.2, 0.25) is 0 Å². The number of nitrogens with one attached hydrogen (secondary N) is 2. The molecular formula is C22H37N5O2. The summed E-state index contributed by atoms with van der Waals surface area (Å²) in [4.78, 5) is 17.7. The first-order chi connectivity index (χ1) is 14.0. The summed E-state index contributed by atoms with van der Waals surface area (Å²) in [5, 5.41) is 18.0. The molecule has 0 spiro atoms. The first-order valence-electron chi connectivity index (χ1n) is 11.0. The molecule has 7 nitrogen and oxygen atoms in total. The molecule has 1 saturated carbocycles. The molecule has 0 aliphatic heterocycles. The van der Waals surface area contributed by atoms with Crippen molar-refractivity contribution in [3.63, 3.8) is 0 Å². The van der Waals surface area contributed by atoms with Crippen molar-refractivity contribution >= 4 is 11.6 Å². The predicted octanol–water partition coefficient (Wildman–Crippen LogP) is 4.08. The van der Waals surface area contributed by atoms with E-state index in [0.29, 0.717) is 18.6 Å². The van der Waals surface area contributed by atoms with Crippen LogP contribution in [-0.4, -0.2) is 47.5 Å². The summed E-state index contributed by atoms with van der Waals surface area (Å²) in [6.45, 7) is 10.5. The van der Waals surface area contributed by atoms with Crippen molar-refractivity contribution in [2.75, 3.05) is 19.6 Å². The Morgan fingerprint density at radius 1 is 1.24 bits per heavy atom. The molecule has 7 heteroatoms. The second-order valence-corrected chi connectivity index (χ2v) is 7.93. The fraction of sp³-hybridized carbons (Fsp3) is 0.682. The molecule has 1 fully saturated rings. The molecule has 0 saturated heterocycles. The van der Waals surface area contributed by atoms with Crippen LogP contribution in [0.1, 0.15) is 64.9 Å². The quantitative estimate of drug-likeness (QED) is 0.252. The standard InChI is InChI=1S/C22H37N5O2/c1-4-26(5-2)16-8-9-18(3)24-22(25-20-10-6-7-11-20)23-17-19-12-14-21(15-13-19)27(28)29/h12-15,18,20H,4-11,16-17H2,1-3H3,(H2,23,24,25). The Hall–Kier alpha value is -2.15. The van der Waals surface area contributed by atoms with Crippen LogP contribution in [0.5, 0.6) is 0 Å². The minimum absolute atomic E-state index is 0.113. The third-order valence-electron chi connectivity index (χ3n) is 5.65. The van der Waals surface area contributed by atoms with Crippen LogP contribution in [0.3, 0.4) is 0 Å². The molecule has 1 unspecified atom stereocenters. The summed E-state index contributed by atoms with van der Waals surface area (Å²) >= 11 is 0. The first-order valence-corrected chi connectivity index (χ1v) is 11.0. The molecule has 0 amide bonds. The minimum atomic E-state index is -0.373. The summed E-state index contributed by atoms with van der Waals surface area (Å²) in [5.74, 6) is 0.852. The normalized spacial score (nSPS) is 16.2. The number of nitro groups is 1. The molecule has 1 aromatic carbocycles. The first kappa shape index (κ1) is 23.1. The van der Waals surface area contributed by atoms with E-state index in [2.05, 4.69) is 36.3 Å². The van der Waals surface area contributed by atoms with Crippen LogP contribution in [-0.2, 0) is 6.54 Å². The van der Waals surface area contributed by atoms with Gasteiger partial charge in [0.15, 0.2) is 5.96 Å². The van der Waals surface area contributed by atoms with Gasteiger partial charge in [-0.25, -0.2) is 4.99 Å². The van der Waals surface area contributed by atoms with Gasteiger partial charge < -0.3 is 15.5 Å². The Morgan fingerprint density at radius 2 is 1.90 bits per heavy atom. The average Bonchev–Trinajstić information content (AvgIpc) is 3.23. The number of guanidine groups is 1. The maximum atomic E-state index is 10.8. The van der Waals surface area contributed by atoms with Crippen LogP contribution in [0, 0.1) is 10.1 Å². The lowest BCUT2D eigenvalue weighted by molar-refractivity contribution is -0.384. The third-order valence-corrected chi connectivity index (χ3v) is 5.65. The van der Waals surface area contributed by atoms with E-state index >= 15 is 0 Å². The topological polar surface area (TPSA) is 82.8 Å². The van der Waals surface area contributed by atoms with E-state index in [-0.39, 0.29) is 10.6 Å². The number of aliphatic imine (C=N–C) groups is 1. The zero-order valence-corrected chi connectivity index (χ0v) is 18.2. The Balaban J connectivity index is 1.92. The molecule has 1 aliphatic rings. The van der Waals surface area contributed by atoms with Crippen LogP contribution >= 0.6 is 0 Å². The van der Waals surface area contributed by atoms with Crippen LogP contribution in [0.15, 0.2) is 29.3 Å². The van der Waals surface area contributed by atoms with Crippen molar-refractivity contribution in [1.82, 2.24) is 15.5 Å². The van der Waals surface area contributed by atoms with Crippen molar-refractivity contribution in [1.29, 1.82) is 0 Å². The van der Waals surface area contributed by atoms with Crippen LogP contribution < -0.4 is 10.6 Å². The minimum Gasteiger partial charge on any atom is -0.354 e. The molecule has 0 bridgehead atoms. The van der Waals surface area contributed by atoms with E-state index < -0.39 is 0 Å². The second-order valence-electron chi connectivity index (χ2n) is 7.93. The highest BCUT2D eigenvalue weighted by Gasteiger charge is 2.17. The number of nitrogens with zero attached hydrogens (tertiary/aromatic N) is 3. The van der Waals surface area contributed by atoms with Gasteiger partial charge >= 0.3 is 0 Å². The zero-order chi connectivity index (χ0) is 21.1. The maximum absolute atomic E-state index is 10.8. The third kappa shape index (κ3) is 8.40. The summed E-state index contributed by atoms with van der Waals surface area (Å²) in [6.07, 6.45) is 7.18. The predicted molar refractivity (Wildman–Crippen MR) is 119 cm³/mol. The number of rotatable bonds is 11. The molecule has 1 aromatic rings. The van der Waals surface area contributed by atoms with Crippen molar-refractivity contribution in [3.8, 4) is 0 Å². The molecule has 0 aromatic heterocycles. The van der Waals surface area contributed by atoms with Crippen molar-refractivity contribution in [2.45, 2.75) is 77.9 Å². The van der Waals surface area contributed by atoms with Crippen LogP contribution in [0.4, 0.5) is 5.69 Å². The molecule has 0 radical (unpaired) electrons. The average molecular weight is 404 g/mol. The highest BCUT2D eigenvalue weighted by molar-refractivity contribution is 5.80. The zero-order valence-electron chi connectivity index (χ0n) is 18.2. The van der Waals surface area contributed by atoms with Gasteiger partial charge in [-0.1, -0.05) is 38.8 Å². The lowest BCUT2D eigenvalue weighted by Crippen LogP contribution is -2.46. The van der Waals surface area contributed by atoms with Gasteiger partial charge in [0, 0.05) is 24.2 Å². The largest absolute Gasteiger partial charge is 0.354 e. The lowest BCUT2D eigenvalue weighted by Gasteiger charge is -2.23. The molecule has 1 atom stereocenters. The molecular weight excluding hydrogens is 366 g/mol. The van der Waals surface area contributed by atoms with Gasteiger partial charge in [-0.2, -0.15) is 0 Å². The second kappa shape index (κ2) is 12.4. The molecule has 2 rings (SSSR count). The van der Waals surface area contributed by atoms with Crippen molar-refractivity contribution in [2.24, 2.45) is 4.99 Å². The van der Waals surface area contributed by atoms with Crippen molar-refractivity contribution < 1.29 is 4.92 Å². The van der Waals surface area contributed by atoms with E-state index in [4.69, 9.17) is 4.99 Å². The molecule has 1 aliphatic carbocycles. The fourth-order valence-corrected chi connectivity index (χ4v) is 3.76. The van der Waals surface area contributed by atoms with Gasteiger partial charge in [0.05, 0.1) is 11.5 Å². The SMILES string of the molecule is CCN(CC)CCCC(C)NC(=NCc1ccc([N+](=O)[O-])cc1)NC1CCCC1. The monoisotopic (exact) mass is 403 g/mol. The smallest absolute Gasteiger partial charge is 0.269 e. The summed E-state index contributed by atoms with van der Waals surface area (Å²) < 4.78 is 0. The van der Waals surface area contributed by atoms with E-state index in [1.807, 2.05) is 0 Å². The van der Waals surface area contributed by atoms with E-state index in [0.717, 1.165) is 44.0 Å². The summed E-state index contributed by atoms with van der Waals surface area (Å²) in [6, 6.07) is 7.47. The van der Waals surface area contributed by atoms with Gasteiger partial charge in [-0.15, -0.1) is 0 Å². The molecule has 0 heterocycles. The molecule has 162 valence electrons. The summed E-state index contributed by atoms with van der Waals surface area (Å²) in [7, 11) is 0. The Kier molecular flexibility index (Phi) is 9.91. The van der Waals surface area contributed by atoms with E-state index in [1.165, 1.54) is 37.8 Å². The highest BCUT2D eigenvalue weighted by atomic mass is 16.6. The van der Waals surface area contributed by atoms with Gasteiger partial charge in [-0.3, -0.25) is 10.1 Å². The Bertz CT molecular complexity index is 637. The highest BCUT2D eigenvalue weighted by Crippen LogP contribution is 2.18. The number of hydrogen-bond donors (Lipinski definition) is 2. The van der Waals surface area contributed by atoms with Crippen molar-refractivity contribution in [3.05, 3.63) is 39.9 Å². The van der Waals surface area contributed by atoms with E-state index in [1.54, 1.807) is 12.1 Å². The van der Waals surface area contributed by atoms with Crippen LogP contribution in [0.2, 0.25) is 0 Å².